The molecular weight excluding hydrogens is 208 g/mol. The van der Waals surface area contributed by atoms with Crippen molar-refractivity contribution in [1.29, 1.82) is 0 Å². The highest BCUT2D eigenvalue weighted by molar-refractivity contribution is 8.06. The summed E-state index contributed by atoms with van der Waals surface area (Å²) in [4.78, 5) is 19.5. The van der Waals surface area contributed by atoms with E-state index in [0.29, 0.717) is 0 Å². The summed E-state index contributed by atoms with van der Waals surface area (Å²) >= 11 is 1.67. The highest BCUT2D eigenvalue weighted by Gasteiger charge is 2.19. The van der Waals surface area contributed by atoms with Gasteiger partial charge in [0.25, 0.3) is 0 Å². The number of nitrogens with zero attached hydrogens (tertiary/aromatic N) is 1. The Hall–Kier alpha value is -1.55. The number of aromatic amines is 1. The second-order valence-electron chi connectivity index (χ2n) is 3.37. The summed E-state index contributed by atoms with van der Waals surface area (Å²) in [7, 11) is 0. The Balaban J connectivity index is 2.24. The molecular formula is C11H8N2OS. The van der Waals surface area contributed by atoms with E-state index < -0.39 is 0 Å². The number of rotatable bonds is 0. The molecule has 1 aromatic heterocycles. The predicted molar refractivity (Wildman–Crippen MR) is 62.1 cm³/mol. The summed E-state index contributed by atoms with van der Waals surface area (Å²) in [5.41, 5.74) is 2.93. The number of thioether (sulfide) groups is 1. The van der Waals surface area contributed by atoms with Gasteiger partial charge in [-0.05, 0) is 11.5 Å². The van der Waals surface area contributed by atoms with Crippen LogP contribution in [0.3, 0.4) is 0 Å². The van der Waals surface area contributed by atoms with Crippen molar-refractivity contribution in [2.24, 2.45) is 4.99 Å². The van der Waals surface area contributed by atoms with E-state index in [1.165, 1.54) is 4.91 Å². The molecule has 2 aliphatic rings. The molecule has 4 heteroatoms. The normalized spacial score (nSPS) is 17.6. The lowest BCUT2D eigenvalue weighted by atomic mass is 10.00. The zero-order valence-corrected chi connectivity index (χ0v) is 8.67. The molecule has 0 amide bonds. The largest absolute Gasteiger partial charge is 0.325 e. The van der Waals surface area contributed by atoms with E-state index in [1.807, 2.05) is 11.5 Å². The lowest BCUT2D eigenvalue weighted by Gasteiger charge is -2.18. The minimum absolute atomic E-state index is 0.0507. The summed E-state index contributed by atoms with van der Waals surface area (Å²) in [5, 5.41) is 1.96. The van der Waals surface area contributed by atoms with Crippen LogP contribution in [0, 0.1) is 0 Å². The maximum Gasteiger partial charge on any atom is 0.248 e. The number of hydrogen-bond donors (Lipinski definition) is 1. The lowest BCUT2D eigenvalue weighted by Crippen LogP contribution is -2.18. The van der Waals surface area contributed by atoms with Gasteiger partial charge in [-0.1, -0.05) is 17.8 Å². The highest BCUT2D eigenvalue weighted by Crippen LogP contribution is 2.30. The van der Waals surface area contributed by atoms with Crippen LogP contribution in [0.5, 0.6) is 0 Å². The van der Waals surface area contributed by atoms with Gasteiger partial charge in [-0.3, -0.25) is 9.79 Å². The minimum Gasteiger partial charge on any atom is -0.325 e. The molecule has 2 heterocycles. The summed E-state index contributed by atoms with van der Waals surface area (Å²) in [5.74, 6) is 0. The molecule has 1 aliphatic carbocycles. The maximum atomic E-state index is 11.2. The first-order chi connectivity index (χ1) is 7.34. The highest BCUT2D eigenvalue weighted by atomic mass is 32.2. The first kappa shape index (κ1) is 8.73. The summed E-state index contributed by atoms with van der Waals surface area (Å²) in [6.45, 7) is 0. The van der Waals surface area contributed by atoms with Gasteiger partial charge in [-0.2, -0.15) is 0 Å². The van der Waals surface area contributed by atoms with Crippen LogP contribution in [0.4, 0.5) is 0 Å². The molecule has 3 rings (SSSR count). The molecule has 1 aliphatic heterocycles. The van der Waals surface area contributed by atoms with Gasteiger partial charge >= 0.3 is 0 Å². The molecule has 0 fully saturated rings. The Kier molecular flexibility index (Phi) is 1.89. The van der Waals surface area contributed by atoms with Gasteiger partial charge in [0.15, 0.2) is 0 Å². The van der Waals surface area contributed by atoms with Gasteiger partial charge in [0.05, 0.1) is 5.71 Å². The maximum absolute atomic E-state index is 11.2. The van der Waals surface area contributed by atoms with Gasteiger partial charge in [0.2, 0.25) is 5.56 Å². The van der Waals surface area contributed by atoms with E-state index >= 15 is 0 Å². The summed E-state index contributed by atoms with van der Waals surface area (Å²) in [6.07, 6.45) is 4.67. The van der Waals surface area contributed by atoms with E-state index in [2.05, 4.69) is 16.1 Å². The Morgan fingerprint density at radius 2 is 2.33 bits per heavy atom. The zero-order valence-electron chi connectivity index (χ0n) is 7.86. The molecule has 0 bridgehead atoms. The van der Waals surface area contributed by atoms with Crippen LogP contribution in [-0.4, -0.2) is 10.7 Å². The van der Waals surface area contributed by atoms with Crippen LogP contribution in [0.1, 0.15) is 11.3 Å². The van der Waals surface area contributed by atoms with Crippen LogP contribution >= 0.6 is 11.8 Å². The molecule has 0 saturated heterocycles. The second-order valence-corrected chi connectivity index (χ2v) is 4.32. The number of fused-ring (bicyclic) bond motifs is 3. The van der Waals surface area contributed by atoms with Crippen molar-refractivity contribution >= 4 is 17.5 Å². The second kappa shape index (κ2) is 3.24. The van der Waals surface area contributed by atoms with Crippen molar-refractivity contribution in [2.45, 2.75) is 6.42 Å². The molecule has 0 saturated carbocycles. The van der Waals surface area contributed by atoms with Gasteiger partial charge in [0.1, 0.15) is 0 Å². The summed E-state index contributed by atoms with van der Waals surface area (Å²) < 4.78 is 0. The van der Waals surface area contributed by atoms with Crippen molar-refractivity contribution in [2.75, 3.05) is 0 Å². The van der Waals surface area contributed by atoms with Crippen molar-refractivity contribution in [3.63, 3.8) is 0 Å². The van der Waals surface area contributed by atoms with Crippen LogP contribution in [0.2, 0.25) is 0 Å². The van der Waals surface area contributed by atoms with Crippen LogP contribution in [0.15, 0.2) is 44.5 Å². The van der Waals surface area contributed by atoms with E-state index in [9.17, 15) is 4.79 Å². The average molecular weight is 216 g/mol. The average Bonchev–Trinajstić information content (AvgIpc) is 2.28. The van der Waals surface area contributed by atoms with E-state index in [-0.39, 0.29) is 5.56 Å². The van der Waals surface area contributed by atoms with Gasteiger partial charge in [-0.25, -0.2) is 0 Å². The van der Waals surface area contributed by atoms with Gasteiger partial charge in [0, 0.05) is 34.8 Å². The fourth-order valence-corrected chi connectivity index (χ4v) is 2.49. The lowest BCUT2D eigenvalue weighted by molar-refractivity contribution is 1.05. The molecule has 0 atom stereocenters. The fourth-order valence-electron chi connectivity index (χ4n) is 1.77. The van der Waals surface area contributed by atoms with E-state index in [4.69, 9.17) is 0 Å². The zero-order chi connectivity index (χ0) is 10.3. The molecule has 0 unspecified atom stereocenters. The minimum atomic E-state index is -0.0507. The first-order valence-corrected chi connectivity index (χ1v) is 5.55. The number of nitrogens with one attached hydrogen (secondary N) is 1. The monoisotopic (exact) mass is 216 g/mol. The van der Waals surface area contributed by atoms with E-state index in [0.717, 1.165) is 23.4 Å². The Morgan fingerprint density at radius 1 is 1.40 bits per heavy atom. The van der Waals surface area contributed by atoms with Crippen molar-refractivity contribution in [3.05, 3.63) is 56.3 Å². The van der Waals surface area contributed by atoms with Crippen LogP contribution in [0.25, 0.3) is 0 Å². The summed E-state index contributed by atoms with van der Waals surface area (Å²) in [6, 6.07) is 3.40. The number of aromatic nitrogens is 1. The third kappa shape index (κ3) is 1.37. The fraction of sp³-hybridized carbons (Fsp3) is 0.0909. The number of hydrogen-bond acceptors (Lipinski definition) is 3. The van der Waals surface area contributed by atoms with Gasteiger partial charge in [-0.15, -0.1) is 0 Å². The molecule has 1 aromatic rings. The Labute approximate surface area is 90.6 Å². The van der Waals surface area contributed by atoms with Crippen molar-refractivity contribution in [1.82, 2.24) is 4.98 Å². The van der Waals surface area contributed by atoms with Crippen LogP contribution in [-0.2, 0) is 6.42 Å². The molecule has 0 radical (unpaired) electrons. The topological polar surface area (TPSA) is 45.2 Å². The van der Waals surface area contributed by atoms with Gasteiger partial charge < -0.3 is 4.98 Å². The molecule has 0 aromatic carbocycles. The molecule has 1 N–H and O–H groups in total. The number of allylic oxidation sites excluding steroid dienone is 2. The molecule has 3 nitrogen and oxygen atoms in total. The molecule has 15 heavy (non-hydrogen) atoms. The molecule has 74 valence electrons. The van der Waals surface area contributed by atoms with E-state index in [1.54, 1.807) is 24.0 Å². The standard InChI is InChI=1S/C11H8N2OS/c14-10-4-1-7-8(13-10)2-3-9-11(7)12-5-6-15-9/h1,3-6H,2H2,(H,13,14). The van der Waals surface area contributed by atoms with Crippen LogP contribution < -0.4 is 5.56 Å². The Morgan fingerprint density at radius 3 is 3.27 bits per heavy atom. The van der Waals surface area contributed by atoms with Crippen molar-refractivity contribution in [3.8, 4) is 0 Å². The third-order valence-electron chi connectivity index (χ3n) is 2.44. The number of pyridine rings is 1. The number of aliphatic imine (C=N–C) groups is 1. The smallest absolute Gasteiger partial charge is 0.248 e. The SMILES string of the molecule is O=c1ccc2c([nH]1)CC=C1SC=CN=C12. The quantitative estimate of drug-likeness (QED) is 0.719. The third-order valence-corrected chi connectivity index (χ3v) is 3.31. The number of H-pyrrole nitrogens is 1. The predicted octanol–water partition coefficient (Wildman–Crippen LogP) is 1.82. The van der Waals surface area contributed by atoms with Crippen molar-refractivity contribution < 1.29 is 0 Å². The Bertz CT molecular complexity index is 566. The first-order valence-electron chi connectivity index (χ1n) is 4.67. The molecule has 0 spiro atoms.